The summed E-state index contributed by atoms with van der Waals surface area (Å²) in [6.07, 6.45) is 6.26. The molecule has 0 radical (unpaired) electrons. The fourth-order valence-electron chi connectivity index (χ4n) is 5.57. The van der Waals surface area contributed by atoms with Crippen LogP contribution in [0.5, 0.6) is 0 Å². The highest BCUT2D eigenvalue weighted by Crippen LogP contribution is 2.34. The molecule has 2 N–H and O–H groups in total. The molecule has 0 aliphatic rings. The normalized spacial score (nSPS) is 11.4. The van der Waals surface area contributed by atoms with Crippen LogP contribution in [0.4, 0.5) is 5.69 Å². The summed E-state index contributed by atoms with van der Waals surface area (Å²) in [5.41, 5.74) is 3.62. The van der Waals surface area contributed by atoms with E-state index in [4.69, 9.17) is 0 Å². The van der Waals surface area contributed by atoms with Crippen molar-refractivity contribution >= 4 is 29.3 Å². The van der Waals surface area contributed by atoms with Crippen molar-refractivity contribution in [2.45, 2.75) is 64.3 Å². The van der Waals surface area contributed by atoms with Crippen molar-refractivity contribution in [1.29, 1.82) is 0 Å². The van der Waals surface area contributed by atoms with E-state index in [2.05, 4.69) is 12.2 Å². The summed E-state index contributed by atoms with van der Waals surface area (Å²) in [4.78, 5) is 54.3. The van der Waals surface area contributed by atoms with Gasteiger partial charge in [0, 0.05) is 30.3 Å². The Morgan fingerprint density at radius 3 is 2.00 bits per heavy atom. The fraction of sp³-hybridized carbons (Fsp3) is 0.282. The third-order valence-electron chi connectivity index (χ3n) is 8.13. The first kappa shape index (κ1) is 33.8. The van der Waals surface area contributed by atoms with Crippen molar-refractivity contribution in [3.63, 3.8) is 0 Å². The van der Waals surface area contributed by atoms with Crippen LogP contribution in [-0.2, 0) is 9.59 Å². The molecule has 7 heteroatoms. The Hall–Kier alpha value is -5.04. The maximum atomic E-state index is 13.8. The number of carboxylic acid groups (broad SMARTS) is 1. The van der Waals surface area contributed by atoms with Crippen LogP contribution >= 0.6 is 0 Å². The van der Waals surface area contributed by atoms with Gasteiger partial charge in [-0.1, -0.05) is 130 Å². The average Bonchev–Trinajstić information content (AvgIpc) is 3.09. The van der Waals surface area contributed by atoms with Gasteiger partial charge < -0.3 is 15.3 Å². The molecule has 0 saturated heterocycles. The van der Waals surface area contributed by atoms with Crippen molar-refractivity contribution in [2.24, 2.45) is 0 Å². The zero-order chi connectivity index (χ0) is 32.9. The van der Waals surface area contributed by atoms with E-state index < -0.39 is 24.3 Å². The molecular weight excluding hydrogens is 576 g/mol. The molecule has 2 amide bonds. The topological polar surface area (TPSA) is 104 Å². The van der Waals surface area contributed by atoms with Gasteiger partial charge in [0.15, 0.2) is 5.78 Å². The van der Waals surface area contributed by atoms with E-state index >= 15 is 0 Å². The molecule has 0 spiro atoms. The lowest BCUT2D eigenvalue weighted by molar-refractivity contribution is -0.137. The van der Waals surface area contributed by atoms with Crippen molar-refractivity contribution < 1.29 is 24.3 Å². The molecule has 4 aromatic carbocycles. The first-order valence-electron chi connectivity index (χ1n) is 16.0. The summed E-state index contributed by atoms with van der Waals surface area (Å²) in [6, 6.07) is 29.4. The van der Waals surface area contributed by atoms with E-state index in [1.54, 1.807) is 66.5 Å². The van der Waals surface area contributed by atoms with Gasteiger partial charge in [0.05, 0.1) is 18.0 Å². The highest BCUT2D eigenvalue weighted by atomic mass is 16.4. The number of unbranched alkanes of at least 4 members (excludes halogenated alkanes) is 5. The van der Waals surface area contributed by atoms with Crippen molar-refractivity contribution in [2.75, 3.05) is 11.9 Å². The maximum absolute atomic E-state index is 13.8. The number of amides is 2. The number of aliphatic carboxylic acids is 1. The number of carbonyl (C=O) groups is 4. The van der Waals surface area contributed by atoms with Gasteiger partial charge in [-0.3, -0.25) is 19.2 Å². The molecular formula is C39H42N2O5. The van der Waals surface area contributed by atoms with E-state index in [9.17, 15) is 24.3 Å². The zero-order valence-corrected chi connectivity index (χ0v) is 26.6. The van der Waals surface area contributed by atoms with Crippen LogP contribution in [0.2, 0.25) is 0 Å². The summed E-state index contributed by atoms with van der Waals surface area (Å²) in [6.45, 7) is 2.17. The number of ketones is 1. The van der Waals surface area contributed by atoms with Gasteiger partial charge in [0.2, 0.25) is 5.91 Å². The van der Waals surface area contributed by atoms with E-state index in [-0.39, 0.29) is 22.8 Å². The predicted octanol–water partition coefficient (Wildman–Crippen LogP) is 8.24. The molecule has 0 heterocycles. The third kappa shape index (κ3) is 9.00. The Kier molecular flexibility index (Phi) is 12.4. The van der Waals surface area contributed by atoms with Crippen LogP contribution in [0.15, 0.2) is 103 Å². The van der Waals surface area contributed by atoms with E-state index in [1.165, 1.54) is 6.42 Å². The molecule has 0 saturated carbocycles. The second kappa shape index (κ2) is 16.9. The number of carbonyl (C=O) groups excluding carboxylic acids is 3. The number of hydrogen-bond donors (Lipinski definition) is 2. The van der Waals surface area contributed by atoms with Crippen molar-refractivity contribution in [3.8, 4) is 11.1 Å². The predicted molar refractivity (Wildman–Crippen MR) is 182 cm³/mol. The minimum absolute atomic E-state index is 0.0823. The van der Waals surface area contributed by atoms with Crippen LogP contribution < -0.4 is 10.2 Å². The monoisotopic (exact) mass is 618 g/mol. The summed E-state index contributed by atoms with van der Waals surface area (Å²) >= 11 is 0. The average molecular weight is 619 g/mol. The van der Waals surface area contributed by atoms with Crippen LogP contribution in [0, 0.1) is 0 Å². The number of nitrogens with one attached hydrogen (secondary N) is 1. The number of nitrogens with zero attached hydrogens (tertiary/aromatic N) is 1. The van der Waals surface area contributed by atoms with Crippen molar-refractivity contribution in [1.82, 2.24) is 5.32 Å². The van der Waals surface area contributed by atoms with Crippen LogP contribution in [-0.4, -0.2) is 35.7 Å². The second-order valence-electron chi connectivity index (χ2n) is 11.5. The van der Waals surface area contributed by atoms with Crippen molar-refractivity contribution in [3.05, 3.63) is 125 Å². The van der Waals surface area contributed by atoms with Gasteiger partial charge in [-0.15, -0.1) is 0 Å². The number of rotatable bonds is 16. The molecule has 1 unspecified atom stereocenters. The SMILES string of the molecule is CCCCCCCCC(=O)N(C)c1cc(-c2ccccc2)ccc1C(CC(=O)O)NC(=O)c1ccccc1C(=O)c1ccccc1. The highest BCUT2D eigenvalue weighted by Gasteiger charge is 2.27. The minimum atomic E-state index is -1.11. The minimum Gasteiger partial charge on any atom is -0.481 e. The number of anilines is 1. The van der Waals surface area contributed by atoms with Crippen LogP contribution in [0.3, 0.4) is 0 Å². The molecule has 0 bridgehead atoms. The molecule has 7 nitrogen and oxygen atoms in total. The fourth-order valence-corrected chi connectivity index (χ4v) is 5.57. The Labute approximate surface area is 271 Å². The standard InChI is InChI=1S/C39H42N2O5/c1-3-4-5-6-7-14-23-36(42)41(2)35-26-30(28-17-10-8-11-18-28)24-25-33(35)34(27-37(43)44)40-39(46)32-22-16-15-21-31(32)38(45)29-19-12-9-13-20-29/h8-13,15-22,24-26,34H,3-7,14,23,27H2,1-2H3,(H,40,46)(H,43,44). The van der Waals surface area contributed by atoms with Crippen LogP contribution in [0.25, 0.3) is 11.1 Å². The smallest absolute Gasteiger partial charge is 0.305 e. The summed E-state index contributed by atoms with van der Waals surface area (Å²) in [5, 5.41) is 12.8. The van der Waals surface area contributed by atoms with Crippen LogP contribution in [0.1, 0.15) is 96.2 Å². The lowest BCUT2D eigenvalue weighted by atomic mass is 9.94. The molecule has 4 rings (SSSR count). The first-order valence-corrected chi connectivity index (χ1v) is 16.0. The van der Waals surface area contributed by atoms with E-state index in [0.29, 0.717) is 23.2 Å². The maximum Gasteiger partial charge on any atom is 0.305 e. The molecule has 46 heavy (non-hydrogen) atoms. The summed E-state index contributed by atoms with van der Waals surface area (Å²) in [5.74, 6) is -2.08. The number of carboxylic acids is 1. The molecule has 4 aromatic rings. The Morgan fingerprint density at radius 1 is 0.717 bits per heavy atom. The quantitative estimate of drug-likeness (QED) is 0.0972. The van der Waals surface area contributed by atoms with Gasteiger partial charge in [-0.2, -0.15) is 0 Å². The van der Waals surface area contributed by atoms with Gasteiger partial charge in [0.25, 0.3) is 5.91 Å². The Balaban J connectivity index is 1.67. The highest BCUT2D eigenvalue weighted by molar-refractivity contribution is 6.15. The first-order chi connectivity index (χ1) is 22.3. The van der Waals surface area contributed by atoms with Gasteiger partial charge in [-0.25, -0.2) is 0 Å². The Morgan fingerprint density at radius 2 is 1.33 bits per heavy atom. The Bertz CT molecular complexity index is 1630. The molecule has 238 valence electrons. The lowest BCUT2D eigenvalue weighted by Crippen LogP contribution is -2.34. The molecule has 1 atom stereocenters. The van der Waals surface area contributed by atoms with E-state index in [0.717, 1.165) is 43.2 Å². The number of hydrogen-bond acceptors (Lipinski definition) is 4. The molecule has 0 aliphatic carbocycles. The summed E-state index contributed by atoms with van der Waals surface area (Å²) < 4.78 is 0. The van der Waals surface area contributed by atoms with Gasteiger partial charge in [0.1, 0.15) is 0 Å². The zero-order valence-electron chi connectivity index (χ0n) is 26.6. The lowest BCUT2D eigenvalue weighted by Gasteiger charge is -2.27. The van der Waals surface area contributed by atoms with E-state index in [1.807, 2.05) is 48.5 Å². The number of benzene rings is 4. The molecule has 0 fully saturated rings. The molecule has 0 aromatic heterocycles. The molecule has 0 aliphatic heterocycles. The third-order valence-corrected chi connectivity index (χ3v) is 8.13. The largest absolute Gasteiger partial charge is 0.481 e. The second-order valence-corrected chi connectivity index (χ2v) is 11.5. The summed E-state index contributed by atoms with van der Waals surface area (Å²) in [7, 11) is 1.69. The van der Waals surface area contributed by atoms with Gasteiger partial charge >= 0.3 is 5.97 Å². The van der Waals surface area contributed by atoms with Gasteiger partial charge in [-0.05, 0) is 35.2 Å².